The lowest BCUT2D eigenvalue weighted by molar-refractivity contribution is -0.123. The molecule has 1 saturated heterocycles. The molecule has 180 valence electrons. The normalized spacial score (nSPS) is 16.0. The number of amides is 1. The first-order chi connectivity index (χ1) is 16.3. The molecule has 8 heteroatoms. The third kappa shape index (κ3) is 5.38. The summed E-state index contributed by atoms with van der Waals surface area (Å²) >= 11 is 0. The number of fused-ring (bicyclic) bond motifs is 1. The molecule has 0 aliphatic carbocycles. The van der Waals surface area contributed by atoms with Crippen molar-refractivity contribution in [3.05, 3.63) is 48.5 Å². The van der Waals surface area contributed by atoms with Crippen LogP contribution in [0.5, 0.6) is 11.5 Å². The molecule has 0 radical (unpaired) electrons. The minimum atomic E-state index is -2.75. The van der Waals surface area contributed by atoms with E-state index in [-0.39, 0.29) is 24.9 Å². The largest absolute Gasteiger partial charge is 0.497 e. The van der Waals surface area contributed by atoms with E-state index in [2.05, 4.69) is 10.2 Å². The standard InChI is InChI=1S/C26H29F2N3O3/c1-26(27,28)11-13-34-19-6-4-17(5-7-19)22-15-24(31-12-10-18(16-31)25(32)29-2)21-9-8-20(33-3)14-23(21)30-22/h4-9,14-15,18H,10-13,16H2,1-3H3,(H,29,32). The molecule has 6 nitrogen and oxygen atoms in total. The maximum Gasteiger partial charge on any atom is 0.248 e. The minimum absolute atomic E-state index is 0.0531. The highest BCUT2D eigenvalue weighted by molar-refractivity contribution is 5.95. The fraction of sp³-hybridized carbons (Fsp3) is 0.385. The lowest BCUT2D eigenvalue weighted by Crippen LogP contribution is -2.30. The first kappa shape index (κ1) is 23.7. The molecule has 1 atom stereocenters. The van der Waals surface area contributed by atoms with E-state index in [1.54, 1.807) is 26.3 Å². The number of hydrogen-bond acceptors (Lipinski definition) is 5. The molecule has 1 unspecified atom stereocenters. The summed E-state index contributed by atoms with van der Waals surface area (Å²) < 4.78 is 36.9. The van der Waals surface area contributed by atoms with E-state index < -0.39 is 5.92 Å². The van der Waals surface area contributed by atoms with Gasteiger partial charge >= 0.3 is 0 Å². The van der Waals surface area contributed by atoms with Gasteiger partial charge in [-0.05, 0) is 55.8 Å². The molecular formula is C26H29F2N3O3. The lowest BCUT2D eigenvalue weighted by atomic mass is 10.1. The number of carbonyl (C=O) groups is 1. The number of methoxy groups -OCH3 is 1. The van der Waals surface area contributed by atoms with E-state index in [4.69, 9.17) is 14.5 Å². The number of aromatic nitrogens is 1. The number of nitrogens with zero attached hydrogens (tertiary/aromatic N) is 2. The van der Waals surface area contributed by atoms with Gasteiger partial charge in [0.2, 0.25) is 11.8 Å². The van der Waals surface area contributed by atoms with Gasteiger partial charge < -0.3 is 19.7 Å². The maximum atomic E-state index is 13.0. The summed E-state index contributed by atoms with van der Waals surface area (Å²) in [6.45, 7) is 2.24. The maximum absolute atomic E-state index is 13.0. The van der Waals surface area contributed by atoms with Gasteiger partial charge in [-0.25, -0.2) is 13.8 Å². The van der Waals surface area contributed by atoms with Crippen molar-refractivity contribution in [1.82, 2.24) is 10.3 Å². The molecule has 1 aliphatic heterocycles. The molecule has 0 bridgehead atoms. The van der Waals surface area contributed by atoms with Crippen molar-refractivity contribution in [3.63, 3.8) is 0 Å². The Labute approximate surface area is 197 Å². The zero-order chi connectivity index (χ0) is 24.3. The fourth-order valence-electron chi connectivity index (χ4n) is 4.19. The van der Waals surface area contributed by atoms with Gasteiger partial charge in [0.15, 0.2) is 0 Å². The molecular weight excluding hydrogens is 440 g/mol. The minimum Gasteiger partial charge on any atom is -0.497 e. The number of hydrogen-bond donors (Lipinski definition) is 1. The monoisotopic (exact) mass is 469 g/mol. The fourth-order valence-corrected chi connectivity index (χ4v) is 4.19. The zero-order valence-corrected chi connectivity index (χ0v) is 19.6. The number of halogens is 2. The molecule has 0 spiro atoms. The van der Waals surface area contributed by atoms with Crippen LogP contribution in [0.3, 0.4) is 0 Å². The van der Waals surface area contributed by atoms with E-state index in [9.17, 15) is 13.6 Å². The summed E-state index contributed by atoms with van der Waals surface area (Å²) in [4.78, 5) is 19.2. The topological polar surface area (TPSA) is 63.7 Å². The Morgan fingerprint density at radius 3 is 2.59 bits per heavy atom. The van der Waals surface area contributed by atoms with Gasteiger partial charge in [-0.1, -0.05) is 0 Å². The summed E-state index contributed by atoms with van der Waals surface area (Å²) in [6.07, 6.45) is 0.455. The number of nitrogens with one attached hydrogen (secondary N) is 1. The molecule has 4 rings (SSSR count). The second-order valence-electron chi connectivity index (χ2n) is 8.65. The molecule has 3 aromatic rings. The van der Waals surface area contributed by atoms with Crippen LogP contribution in [0.4, 0.5) is 14.5 Å². The molecule has 2 aromatic carbocycles. The van der Waals surface area contributed by atoms with E-state index in [1.807, 2.05) is 36.4 Å². The molecule has 1 N–H and O–H groups in total. The van der Waals surface area contributed by atoms with Crippen molar-refractivity contribution in [2.45, 2.75) is 25.7 Å². The lowest BCUT2D eigenvalue weighted by Gasteiger charge is -2.22. The van der Waals surface area contributed by atoms with E-state index in [0.717, 1.165) is 47.7 Å². The predicted molar refractivity (Wildman–Crippen MR) is 129 cm³/mol. The second kappa shape index (κ2) is 9.83. The van der Waals surface area contributed by atoms with Crippen LogP contribution in [-0.2, 0) is 4.79 Å². The second-order valence-corrected chi connectivity index (χ2v) is 8.65. The van der Waals surface area contributed by atoms with Crippen LogP contribution >= 0.6 is 0 Å². The van der Waals surface area contributed by atoms with Gasteiger partial charge in [-0.3, -0.25) is 4.79 Å². The van der Waals surface area contributed by atoms with E-state index in [0.29, 0.717) is 18.0 Å². The number of pyridine rings is 1. The summed E-state index contributed by atoms with van der Waals surface area (Å²) in [5.41, 5.74) is 3.45. The first-order valence-electron chi connectivity index (χ1n) is 11.3. The molecule has 1 fully saturated rings. The Bertz CT molecular complexity index is 1160. The van der Waals surface area contributed by atoms with Crippen molar-refractivity contribution in [3.8, 4) is 22.8 Å². The summed E-state index contributed by atoms with van der Waals surface area (Å²) in [5.74, 6) is -1.51. The van der Waals surface area contributed by atoms with Crippen molar-refractivity contribution < 1.29 is 23.0 Å². The third-order valence-corrected chi connectivity index (χ3v) is 6.10. The highest BCUT2D eigenvalue weighted by atomic mass is 19.3. The van der Waals surface area contributed by atoms with Gasteiger partial charge in [0.05, 0.1) is 30.8 Å². The average Bonchev–Trinajstić information content (AvgIpc) is 3.32. The highest BCUT2D eigenvalue weighted by Gasteiger charge is 2.29. The van der Waals surface area contributed by atoms with Gasteiger partial charge in [-0.2, -0.15) is 0 Å². The molecule has 1 amide bonds. The number of carbonyl (C=O) groups excluding carboxylic acids is 1. The Morgan fingerprint density at radius 1 is 1.18 bits per heavy atom. The van der Waals surface area contributed by atoms with Crippen LogP contribution < -0.4 is 19.7 Å². The van der Waals surface area contributed by atoms with Crippen LogP contribution in [-0.4, -0.2) is 50.7 Å². The number of alkyl halides is 2. The summed E-state index contributed by atoms with van der Waals surface area (Å²) in [5, 5.41) is 3.74. The van der Waals surface area contributed by atoms with E-state index in [1.165, 1.54) is 0 Å². The van der Waals surface area contributed by atoms with Crippen LogP contribution in [0, 0.1) is 5.92 Å². The van der Waals surface area contributed by atoms with Crippen molar-refractivity contribution in [2.24, 2.45) is 5.92 Å². The number of rotatable bonds is 8. The van der Waals surface area contributed by atoms with Gasteiger partial charge in [-0.15, -0.1) is 0 Å². The Kier molecular flexibility index (Phi) is 6.86. The highest BCUT2D eigenvalue weighted by Crippen LogP contribution is 2.36. The van der Waals surface area contributed by atoms with Gasteiger partial charge in [0.1, 0.15) is 11.5 Å². The van der Waals surface area contributed by atoms with Crippen LogP contribution in [0.15, 0.2) is 48.5 Å². The number of ether oxygens (including phenoxy) is 2. The number of benzene rings is 2. The van der Waals surface area contributed by atoms with Gasteiger partial charge in [0.25, 0.3) is 0 Å². The van der Waals surface area contributed by atoms with Crippen LogP contribution in [0.25, 0.3) is 22.2 Å². The van der Waals surface area contributed by atoms with Gasteiger partial charge in [0, 0.05) is 49.3 Å². The van der Waals surface area contributed by atoms with Crippen molar-refractivity contribution in [1.29, 1.82) is 0 Å². The number of anilines is 1. The Hall–Kier alpha value is -3.42. The van der Waals surface area contributed by atoms with Crippen LogP contribution in [0.2, 0.25) is 0 Å². The quantitative estimate of drug-likeness (QED) is 0.508. The first-order valence-corrected chi connectivity index (χ1v) is 11.3. The molecule has 2 heterocycles. The molecule has 1 aliphatic rings. The average molecular weight is 470 g/mol. The molecule has 34 heavy (non-hydrogen) atoms. The Morgan fingerprint density at radius 2 is 1.91 bits per heavy atom. The molecule has 1 aromatic heterocycles. The third-order valence-electron chi connectivity index (χ3n) is 6.10. The van der Waals surface area contributed by atoms with Crippen LogP contribution in [0.1, 0.15) is 19.8 Å². The SMILES string of the molecule is CNC(=O)C1CCN(c2cc(-c3ccc(OCCC(C)(F)F)cc3)nc3cc(OC)ccc23)C1. The molecule has 0 saturated carbocycles. The summed E-state index contributed by atoms with van der Waals surface area (Å²) in [7, 11) is 3.28. The van der Waals surface area contributed by atoms with Crippen molar-refractivity contribution in [2.75, 3.05) is 38.8 Å². The Balaban J connectivity index is 1.64. The summed E-state index contributed by atoms with van der Waals surface area (Å²) in [6, 6.07) is 15.1. The van der Waals surface area contributed by atoms with Crippen molar-refractivity contribution >= 4 is 22.5 Å². The smallest absolute Gasteiger partial charge is 0.248 e. The predicted octanol–water partition coefficient (Wildman–Crippen LogP) is 4.91. The zero-order valence-electron chi connectivity index (χ0n) is 19.6. The van der Waals surface area contributed by atoms with E-state index >= 15 is 0 Å².